The number of rotatable bonds is 3. The van der Waals surface area contributed by atoms with Gasteiger partial charge in [0.2, 0.25) is 11.8 Å². The van der Waals surface area contributed by atoms with Gasteiger partial charge in [0.1, 0.15) is 6.04 Å². The van der Waals surface area contributed by atoms with Crippen molar-refractivity contribution in [2.24, 2.45) is 0 Å². The van der Waals surface area contributed by atoms with Gasteiger partial charge in [-0.25, -0.2) is 0 Å². The van der Waals surface area contributed by atoms with Gasteiger partial charge < -0.3 is 9.84 Å². The molecule has 1 aromatic carbocycles. The number of hydrogen-bond donors (Lipinski definition) is 1. The first-order valence-electron chi connectivity index (χ1n) is 7.14. The number of aromatic nitrogens is 1. The third-order valence-electron chi connectivity index (χ3n) is 3.73. The molecule has 2 amide bonds. The van der Waals surface area contributed by atoms with Crippen LogP contribution in [-0.2, 0) is 22.6 Å². The molecule has 114 valence electrons. The zero-order chi connectivity index (χ0) is 15.7. The predicted octanol–water partition coefficient (Wildman–Crippen LogP) is 1.58. The molecule has 0 aliphatic carbocycles. The average molecular weight is 299 g/mol. The monoisotopic (exact) mass is 299 g/mol. The van der Waals surface area contributed by atoms with Gasteiger partial charge in [-0.2, -0.15) is 0 Å². The van der Waals surface area contributed by atoms with E-state index in [9.17, 15) is 9.59 Å². The molecule has 1 N–H and O–H groups in total. The Morgan fingerprint density at radius 2 is 2.18 bits per heavy atom. The van der Waals surface area contributed by atoms with Crippen molar-refractivity contribution in [3.05, 3.63) is 47.3 Å². The number of amides is 2. The molecule has 6 nitrogen and oxygen atoms in total. The highest BCUT2D eigenvalue weighted by molar-refractivity contribution is 6.02. The van der Waals surface area contributed by atoms with Crippen LogP contribution in [0, 0.1) is 6.92 Å². The number of carbonyl (C=O) groups is 2. The summed E-state index contributed by atoms with van der Waals surface area (Å²) in [7, 11) is 0. The largest absolute Gasteiger partial charge is 0.359 e. The molecular weight excluding hydrogens is 282 g/mol. The molecule has 2 heterocycles. The average Bonchev–Trinajstić information content (AvgIpc) is 3.08. The summed E-state index contributed by atoms with van der Waals surface area (Å²) < 4.78 is 5.07. The van der Waals surface area contributed by atoms with Crippen LogP contribution in [0.5, 0.6) is 0 Å². The van der Waals surface area contributed by atoms with Crippen molar-refractivity contribution in [1.82, 2.24) is 10.5 Å². The Labute approximate surface area is 128 Å². The summed E-state index contributed by atoms with van der Waals surface area (Å²) in [6, 6.07) is 8.84. The van der Waals surface area contributed by atoms with Crippen molar-refractivity contribution in [2.75, 3.05) is 4.90 Å². The first-order chi connectivity index (χ1) is 10.6. The summed E-state index contributed by atoms with van der Waals surface area (Å²) in [5.74, 6) is 0.261. The van der Waals surface area contributed by atoms with Crippen molar-refractivity contribution >= 4 is 17.5 Å². The summed E-state index contributed by atoms with van der Waals surface area (Å²) in [6.45, 7) is 3.56. The lowest BCUT2D eigenvalue weighted by Crippen LogP contribution is -2.47. The Hall–Kier alpha value is -2.63. The zero-order valence-corrected chi connectivity index (χ0v) is 12.5. The van der Waals surface area contributed by atoms with Crippen LogP contribution in [0.2, 0.25) is 0 Å². The van der Waals surface area contributed by atoms with E-state index in [0.29, 0.717) is 12.2 Å². The molecule has 0 radical (unpaired) electrons. The lowest BCUT2D eigenvalue weighted by Gasteiger charge is -2.23. The van der Waals surface area contributed by atoms with E-state index in [0.717, 1.165) is 16.9 Å². The number of benzene rings is 1. The number of aryl methyl sites for hydroxylation is 1. The van der Waals surface area contributed by atoms with Gasteiger partial charge in [0.15, 0.2) is 5.76 Å². The first-order valence-corrected chi connectivity index (χ1v) is 7.14. The Morgan fingerprint density at radius 3 is 2.86 bits per heavy atom. The molecule has 1 aliphatic heterocycles. The smallest absolute Gasteiger partial charge is 0.243 e. The zero-order valence-electron chi connectivity index (χ0n) is 12.5. The molecule has 22 heavy (non-hydrogen) atoms. The second-order valence-corrected chi connectivity index (χ2v) is 5.39. The van der Waals surface area contributed by atoms with Crippen LogP contribution < -0.4 is 10.2 Å². The Morgan fingerprint density at radius 1 is 1.41 bits per heavy atom. The van der Waals surface area contributed by atoms with Gasteiger partial charge in [-0.15, -0.1) is 0 Å². The van der Waals surface area contributed by atoms with Gasteiger partial charge in [0.05, 0.1) is 12.2 Å². The summed E-state index contributed by atoms with van der Waals surface area (Å²) in [5.41, 5.74) is 2.59. The SMILES string of the molecule is CC(=O)N1c2ccccc2C[C@H]1C(=O)NCc1cc(C)no1. The van der Waals surface area contributed by atoms with Gasteiger partial charge in [0, 0.05) is 25.1 Å². The second-order valence-electron chi connectivity index (χ2n) is 5.39. The highest BCUT2D eigenvalue weighted by Crippen LogP contribution is 2.32. The van der Waals surface area contributed by atoms with Crippen LogP contribution >= 0.6 is 0 Å². The fourth-order valence-electron chi connectivity index (χ4n) is 2.78. The molecule has 3 rings (SSSR count). The normalized spacial score (nSPS) is 16.5. The van der Waals surface area contributed by atoms with E-state index in [1.807, 2.05) is 31.2 Å². The minimum Gasteiger partial charge on any atom is -0.359 e. The maximum Gasteiger partial charge on any atom is 0.243 e. The quantitative estimate of drug-likeness (QED) is 0.933. The maximum atomic E-state index is 12.4. The van der Waals surface area contributed by atoms with Gasteiger partial charge >= 0.3 is 0 Å². The Kier molecular flexibility index (Phi) is 3.66. The molecule has 0 saturated carbocycles. The number of fused-ring (bicyclic) bond motifs is 1. The number of anilines is 1. The first kappa shape index (κ1) is 14.3. The van der Waals surface area contributed by atoms with E-state index in [1.165, 1.54) is 6.92 Å². The summed E-state index contributed by atoms with van der Waals surface area (Å²) in [5, 5.41) is 6.58. The van der Waals surface area contributed by atoms with E-state index < -0.39 is 6.04 Å². The minimum absolute atomic E-state index is 0.138. The molecule has 0 unspecified atom stereocenters. The van der Waals surface area contributed by atoms with Crippen LogP contribution in [0.1, 0.15) is 23.9 Å². The summed E-state index contributed by atoms with van der Waals surface area (Å²) >= 11 is 0. The minimum atomic E-state index is -0.515. The van der Waals surface area contributed by atoms with Crippen molar-refractivity contribution in [3.8, 4) is 0 Å². The van der Waals surface area contributed by atoms with Gasteiger partial charge in [0.25, 0.3) is 0 Å². The predicted molar refractivity (Wildman–Crippen MR) is 80.2 cm³/mol. The van der Waals surface area contributed by atoms with Crippen LogP contribution in [0.15, 0.2) is 34.9 Å². The third-order valence-corrected chi connectivity index (χ3v) is 3.73. The van der Waals surface area contributed by atoms with E-state index in [1.54, 1.807) is 11.0 Å². The highest BCUT2D eigenvalue weighted by atomic mass is 16.5. The fraction of sp³-hybridized carbons (Fsp3) is 0.312. The molecule has 0 saturated heterocycles. The molecule has 2 aromatic rings. The molecule has 0 bridgehead atoms. The lowest BCUT2D eigenvalue weighted by atomic mass is 10.1. The van der Waals surface area contributed by atoms with Crippen molar-refractivity contribution < 1.29 is 14.1 Å². The van der Waals surface area contributed by atoms with Crippen molar-refractivity contribution in [1.29, 1.82) is 0 Å². The standard InChI is InChI=1S/C16H17N3O3/c1-10-7-13(22-18-10)9-17-16(21)15-8-12-5-3-4-6-14(12)19(15)11(2)20/h3-7,15H,8-9H2,1-2H3,(H,17,21)/t15-/m0/s1. The van der Waals surface area contributed by atoms with E-state index >= 15 is 0 Å². The van der Waals surface area contributed by atoms with E-state index in [-0.39, 0.29) is 18.4 Å². The van der Waals surface area contributed by atoms with Crippen molar-refractivity contribution in [2.45, 2.75) is 32.9 Å². The number of nitrogens with one attached hydrogen (secondary N) is 1. The number of nitrogens with zero attached hydrogens (tertiary/aromatic N) is 2. The second kappa shape index (κ2) is 5.63. The van der Waals surface area contributed by atoms with Crippen LogP contribution in [0.4, 0.5) is 5.69 Å². The van der Waals surface area contributed by atoms with Crippen LogP contribution in [-0.4, -0.2) is 23.0 Å². The molecule has 1 aromatic heterocycles. The lowest BCUT2D eigenvalue weighted by molar-refractivity contribution is -0.125. The highest BCUT2D eigenvalue weighted by Gasteiger charge is 2.36. The summed E-state index contributed by atoms with van der Waals surface area (Å²) in [6.07, 6.45) is 0.525. The van der Waals surface area contributed by atoms with E-state index in [2.05, 4.69) is 10.5 Å². The number of hydrogen-bond acceptors (Lipinski definition) is 4. The van der Waals surface area contributed by atoms with Gasteiger partial charge in [-0.1, -0.05) is 23.4 Å². The Bertz CT molecular complexity index is 723. The van der Waals surface area contributed by atoms with E-state index in [4.69, 9.17) is 4.52 Å². The van der Waals surface area contributed by atoms with Gasteiger partial charge in [-0.3, -0.25) is 14.5 Å². The van der Waals surface area contributed by atoms with Crippen molar-refractivity contribution in [3.63, 3.8) is 0 Å². The van der Waals surface area contributed by atoms with Gasteiger partial charge in [-0.05, 0) is 18.6 Å². The molecule has 6 heteroatoms. The molecule has 1 atom stereocenters. The maximum absolute atomic E-state index is 12.4. The number of para-hydroxylation sites is 1. The number of carbonyl (C=O) groups excluding carboxylic acids is 2. The molecule has 0 fully saturated rings. The topological polar surface area (TPSA) is 75.4 Å². The third kappa shape index (κ3) is 2.59. The summed E-state index contributed by atoms with van der Waals surface area (Å²) in [4.78, 5) is 25.9. The molecule has 0 spiro atoms. The Balaban J connectivity index is 1.74. The van der Waals surface area contributed by atoms with Crippen LogP contribution in [0.25, 0.3) is 0 Å². The molecule has 1 aliphatic rings. The van der Waals surface area contributed by atoms with Crippen LogP contribution in [0.3, 0.4) is 0 Å². The molecular formula is C16H17N3O3. The fourth-order valence-corrected chi connectivity index (χ4v) is 2.78.